The Bertz CT molecular complexity index is 874. The zero-order valence-corrected chi connectivity index (χ0v) is 18.7. The summed E-state index contributed by atoms with van der Waals surface area (Å²) in [5.74, 6) is 13.0. The molecule has 0 aliphatic carbocycles. The number of para-hydroxylation sites is 1. The number of carbonyl (C=O) groups excluding carboxylic acids is 1. The van der Waals surface area contributed by atoms with Crippen molar-refractivity contribution >= 4 is 39.6 Å². The predicted molar refractivity (Wildman–Crippen MR) is 124 cm³/mol. The van der Waals surface area contributed by atoms with Gasteiger partial charge in [0, 0.05) is 18.4 Å². The van der Waals surface area contributed by atoms with E-state index in [9.17, 15) is 4.79 Å². The number of carbonyl (C=O) groups is 1. The molecule has 0 saturated heterocycles. The number of aryl methyl sites for hydroxylation is 1. The highest BCUT2D eigenvalue weighted by Gasteiger charge is 2.19. The Morgan fingerprint density at radius 3 is 2.55 bits per heavy atom. The van der Waals surface area contributed by atoms with E-state index in [1.807, 2.05) is 55.6 Å². The number of benzene rings is 2. The molecule has 2 aromatic carbocycles. The van der Waals surface area contributed by atoms with Crippen LogP contribution in [-0.4, -0.2) is 35.8 Å². The van der Waals surface area contributed by atoms with Crippen molar-refractivity contribution in [2.75, 3.05) is 25.4 Å². The lowest BCUT2D eigenvalue weighted by molar-refractivity contribution is 0.216. The number of hydrazine groups is 2. The van der Waals surface area contributed by atoms with Crippen molar-refractivity contribution < 1.29 is 9.53 Å². The fourth-order valence-corrected chi connectivity index (χ4v) is 4.30. The normalized spacial score (nSPS) is 11.3. The molecule has 156 valence electrons. The third-order valence-electron chi connectivity index (χ3n) is 4.24. The number of nitrogens with two attached hydrogens (primary N) is 2. The van der Waals surface area contributed by atoms with E-state index in [0.717, 1.165) is 36.8 Å². The second-order valence-corrected chi connectivity index (χ2v) is 8.24. The van der Waals surface area contributed by atoms with Gasteiger partial charge >= 0.3 is 6.03 Å². The van der Waals surface area contributed by atoms with Gasteiger partial charge in [0.05, 0.1) is 19.3 Å². The van der Waals surface area contributed by atoms with Crippen molar-refractivity contribution in [1.82, 2.24) is 5.01 Å². The van der Waals surface area contributed by atoms with Crippen molar-refractivity contribution in [1.29, 1.82) is 0 Å². The van der Waals surface area contributed by atoms with Crippen molar-refractivity contribution in [3.05, 3.63) is 59.2 Å². The summed E-state index contributed by atoms with van der Waals surface area (Å²) in [5, 5.41) is 2.04. The number of amides is 2. The molecule has 0 aliphatic rings. The maximum atomic E-state index is 12.2. The summed E-state index contributed by atoms with van der Waals surface area (Å²) in [6.45, 7) is 2.53. The topological polar surface area (TPSA) is 97.2 Å². The van der Waals surface area contributed by atoms with Crippen molar-refractivity contribution in [2.24, 2.45) is 16.7 Å². The molecule has 0 radical (unpaired) electrons. The first kappa shape index (κ1) is 23.1. The van der Waals surface area contributed by atoms with Crippen LogP contribution in [0, 0.1) is 6.92 Å². The molecule has 7 nitrogen and oxygen atoms in total. The van der Waals surface area contributed by atoms with Gasteiger partial charge in [-0.2, -0.15) is 0 Å². The Kier molecular flexibility index (Phi) is 8.84. The first-order chi connectivity index (χ1) is 13.9. The number of urea groups is 1. The van der Waals surface area contributed by atoms with Gasteiger partial charge in [-0.25, -0.2) is 21.5 Å². The van der Waals surface area contributed by atoms with Crippen molar-refractivity contribution in [3.63, 3.8) is 0 Å². The van der Waals surface area contributed by atoms with Crippen LogP contribution < -0.4 is 21.4 Å². The summed E-state index contributed by atoms with van der Waals surface area (Å²) in [6.07, 6.45) is 2.00. The first-order valence-electron chi connectivity index (χ1n) is 8.87. The van der Waals surface area contributed by atoms with E-state index in [4.69, 9.17) is 21.4 Å². The summed E-state index contributed by atoms with van der Waals surface area (Å²) in [7, 11) is 3.12. The number of rotatable bonds is 6. The summed E-state index contributed by atoms with van der Waals surface area (Å²) >= 11 is 3.19. The molecule has 2 aromatic rings. The lowest BCUT2D eigenvalue weighted by Crippen LogP contribution is -2.49. The SMILES string of the molecule is COc1ccccc1C/N=C(/SC)SCc1c(C)cccc1N(N)C(=O)N(C)N. The molecule has 0 bridgehead atoms. The average Bonchev–Trinajstić information content (AvgIpc) is 2.73. The number of anilines is 1. The van der Waals surface area contributed by atoms with E-state index in [1.165, 1.54) is 7.05 Å². The summed E-state index contributed by atoms with van der Waals surface area (Å²) in [6, 6.07) is 13.0. The molecular formula is C20H27N5O2S2. The van der Waals surface area contributed by atoms with Crippen LogP contribution in [0.15, 0.2) is 47.5 Å². The van der Waals surface area contributed by atoms with Gasteiger partial charge in [-0.15, -0.1) is 11.8 Å². The molecule has 2 rings (SSSR count). The largest absolute Gasteiger partial charge is 0.496 e. The van der Waals surface area contributed by atoms with E-state index in [0.29, 0.717) is 18.0 Å². The van der Waals surface area contributed by atoms with Gasteiger partial charge in [0.2, 0.25) is 0 Å². The van der Waals surface area contributed by atoms with Gasteiger partial charge in [0.1, 0.15) is 10.1 Å². The molecular weight excluding hydrogens is 406 g/mol. The molecule has 29 heavy (non-hydrogen) atoms. The highest BCUT2D eigenvalue weighted by Crippen LogP contribution is 2.30. The minimum Gasteiger partial charge on any atom is -0.496 e. The average molecular weight is 434 g/mol. The minimum atomic E-state index is -0.489. The third-order valence-corrected chi connectivity index (χ3v) is 6.38. The monoisotopic (exact) mass is 433 g/mol. The number of hydrogen-bond donors (Lipinski definition) is 2. The van der Waals surface area contributed by atoms with E-state index in [1.54, 1.807) is 30.6 Å². The van der Waals surface area contributed by atoms with Crippen LogP contribution in [0.4, 0.5) is 10.5 Å². The lowest BCUT2D eigenvalue weighted by atomic mass is 10.1. The molecule has 9 heteroatoms. The molecule has 4 N–H and O–H groups in total. The Hall–Kier alpha value is -2.20. The maximum absolute atomic E-state index is 12.2. The standard InChI is InChI=1S/C20H27N5O2S2/c1-14-8-7-10-17(25(22)20(26)24(2)21)16(14)13-29-19(28-4)23-12-15-9-5-6-11-18(15)27-3/h5-11H,12-13,21-22H2,1-4H3/b23-19-. The molecule has 2 amide bonds. The van der Waals surface area contributed by atoms with E-state index >= 15 is 0 Å². The second-order valence-electron chi connectivity index (χ2n) is 6.22. The van der Waals surface area contributed by atoms with Crippen LogP contribution in [0.2, 0.25) is 0 Å². The zero-order valence-electron chi connectivity index (χ0n) is 17.1. The van der Waals surface area contributed by atoms with Gasteiger partial charge in [0.25, 0.3) is 0 Å². The van der Waals surface area contributed by atoms with Crippen molar-refractivity contribution in [2.45, 2.75) is 19.2 Å². The summed E-state index contributed by atoms with van der Waals surface area (Å²) < 4.78 is 6.33. The predicted octanol–water partition coefficient (Wildman–Crippen LogP) is 3.76. The summed E-state index contributed by atoms with van der Waals surface area (Å²) in [4.78, 5) is 16.9. The minimum absolute atomic E-state index is 0.489. The molecule has 0 aromatic heterocycles. The fraction of sp³-hybridized carbons (Fsp3) is 0.300. The van der Waals surface area contributed by atoms with Crippen LogP contribution in [0.25, 0.3) is 0 Å². The van der Waals surface area contributed by atoms with Crippen LogP contribution in [0.3, 0.4) is 0 Å². The number of methoxy groups -OCH3 is 1. The quantitative estimate of drug-likeness (QED) is 0.237. The molecule has 0 atom stereocenters. The highest BCUT2D eigenvalue weighted by molar-refractivity contribution is 8.38. The van der Waals surface area contributed by atoms with E-state index in [-0.39, 0.29) is 0 Å². The van der Waals surface area contributed by atoms with Crippen LogP contribution >= 0.6 is 23.5 Å². The van der Waals surface area contributed by atoms with E-state index in [2.05, 4.69) is 0 Å². The highest BCUT2D eigenvalue weighted by atomic mass is 32.2. The van der Waals surface area contributed by atoms with Gasteiger partial charge in [0.15, 0.2) is 0 Å². The van der Waals surface area contributed by atoms with Gasteiger partial charge in [-0.3, -0.25) is 10.0 Å². The van der Waals surface area contributed by atoms with E-state index < -0.39 is 6.03 Å². The Morgan fingerprint density at radius 1 is 1.17 bits per heavy atom. The molecule has 0 unspecified atom stereocenters. The third kappa shape index (κ3) is 6.14. The first-order valence-corrected chi connectivity index (χ1v) is 11.1. The lowest BCUT2D eigenvalue weighted by Gasteiger charge is -2.24. The molecule has 0 spiro atoms. The smallest absolute Gasteiger partial charge is 0.352 e. The maximum Gasteiger partial charge on any atom is 0.352 e. The number of hydrogen-bond acceptors (Lipinski definition) is 7. The zero-order chi connectivity index (χ0) is 21.4. The molecule has 0 fully saturated rings. The summed E-state index contributed by atoms with van der Waals surface area (Å²) in [5.41, 5.74) is 3.67. The van der Waals surface area contributed by atoms with Crippen LogP contribution in [0.1, 0.15) is 16.7 Å². The number of ether oxygens (including phenoxy) is 1. The Balaban J connectivity index is 2.18. The van der Waals surface area contributed by atoms with Crippen LogP contribution in [0.5, 0.6) is 5.75 Å². The molecule has 0 saturated carbocycles. The van der Waals surface area contributed by atoms with Crippen LogP contribution in [-0.2, 0) is 12.3 Å². The second kappa shape index (κ2) is 11.1. The Morgan fingerprint density at radius 2 is 1.90 bits per heavy atom. The van der Waals surface area contributed by atoms with Gasteiger partial charge < -0.3 is 4.74 Å². The number of thioether (sulfide) groups is 2. The van der Waals surface area contributed by atoms with Crippen molar-refractivity contribution in [3.8, 4) is 5.75 Å². The fourth-order valence-electron chi connectivity index (χ4n) is 2.66. The van der Waals surface area contributed by atoms with Gasteiger partial charge in [-0.1, -0.05) is 42.1 Å². The Labute approximate surface area is 180 Å². The van der Waals surface area contributed by atoms with Gasteiger partial charge in [-0.05, 0) is 36.4 Å². The number of nitrogens with zero attached hydrogens (tertiary/aromatic N) is 3. The molecule has 0 heterocycles. The molecule has 0 aliphatic heterocycles. The number of aliphatic imine (C=N–C) groups is 1.